The Balaban J connectivity index is 1.50. The third-order valence-corrected chi connectivity index (χ3v) is 4.60. The number of aromatic nitrogens is 2. The lowest BCUT2D eigenvalue weighted by Gasteiger charge is -2.04. The number of hydrogen-bond acceptors (Lipinski definition) is 2. The van der Waals surface area contributed by atoms with Crippen LogP contribution < -0.4 is 5.32 Å². The first kappa shape index (κ1) is 16.4. The Morgan fingerprint density at radius 3 is 2.77 bits per heavy atom. The summed E-state index contributed by atoms with van der Waals surface area (Å²) < 4.78 is 0. The van der Waals surface area contributed by atoms with Gasteiger partial charge in [0, 0.05) is 33.9 Å². The highest BCUT2D eigenvalue weighted by atomic mass is 35.5. The summed E-state index contributed by atoms with van der Waals surface area (Å²) in [5.41, 5.74) is 3.67. The van der Waals surface area contributed by atoms with Gasteiger partial charge in [0.25, 0.3) is 0 Å². The second-order valence-electron chi connectivity index (χ2n) is 5.97. The van der Waals surface area contributed by atoms with E-state index in [0.717, 1.165) is 33.1 Å². The SMILES string of the molecule is O=C(/C=C/c1cc2c(cn1)[nH]c1ccccc12)NCc1ccccc1Cl. The van der Waals surface area contributed by atoms with Gasteiger partial charge < -0.3 is 10.3 Å². The number of hydrogen-bond donors (Lipinski definition) is 2. The number of carbonyl (C=O) groups excluding carboxylic acids is 1. The maximum atomic E-state index is 12.1. The number of amides is 1. The maximum absolute atomic E-state index is 12.1. The zero-order valence-electron chi connectivity index (χ0n) is 13.9. The van der Waals surface area contributed by atoms with Gasteiger partial charge in [-0.1, -0.05) is 48.0 Å². The molecule has 0 saturated heterocycles. The van der Waals surface area contributed by atoms with Gasteiger partial charge in [0.2, 0.25) is 5.91 Å². The van der Waals surface area contributed by atoms with Crippen molar-refractivity contribution in [3.05, 3.63) is 83.2 Å². The van der Waals surface area contributed by atoms with Crippen molar-refractivity contribution in [1.29, 1.82) is 0 Å². The van der Waals surface area contributed by atoms with E-state index in [1.54, 1.807) is 18.3 Å². The number of benzene rings is 2. The highest BCUT2D eigenvalue weighted by Crippen LogP contribution is 2.25. The number of H-pyrrole nitrogens is 1. The molecule has 0 fully saturated rings. The van der Waals surface area contributed by atoms with Crippen LogP contribution in [-0.2, 0) is 11.3 Å². The van der Waals surface area contributed by atoms with E-state index in [-0.39, 0.29) is 5.91 Å². The molecule has 1 amide bonds. The number of halogens is 1. The van der Waals surface area contributed by atoms with Crippen molar-refractivity contribution >= 4 is 45.4 Å². The Bertz CT molecular complexity index is 1130. The number of nitrogens with one attached hydrogen (secondary N) is 2. The van der Waals surface area contributed by atoms with Crippen LogP contribution in [0.3, 0.4) is 0 Å². The second kappa shape index (κ2) is 7.02. The number of pyridine rings is 1. The van der Waals surface area contributed by atoms with Gasteiger partial charge in [-0.05, 0) is 29.8 Å². The summed E-state index contributed by atoms with van der Waals surface area (Å²) >= 11 is 6.09. The standard InChI is InChI=1S/C21H16ClN3O/c22-18-7-3-1-5-14(18)12-24-21(26)10-9-15-11-17-16-6-2-4-8-19(16)25-20(17)13-23-15/h1-11,13,25H,12H2,(H,24,26)/b10-9+. The minimum atomic E-state index is -0.189. The molecule has 0 spiro atoms. The summed E-state index contributed by atoms with van der Waals surface area (Å²) in [6, 6.07) is 17.5. The van der Waals surface area contributed by atoms with Gasteiger partial charge in [-0.3, -0.25) is 9.78 Å². The molecule has 26 heavy (non-hydrogen) atoms. The van der Waals surface area contributed by atoms with E-state index in [1.165, 1.54) is 6.08 Å². The molecule has 4 aromatic rings. The zero-order chi connectivity index (χ0) is 17.9. The molecule has 0 bridgehead atoms. The fourth-order valence-electron chi connectivity index (χ4n) is 2.90. The molecule has 0 aliphatic carbocycles. The van der Waals surface area contributed by atoms with Crippen LogP contribution in [-0.4, -0.2) is 15.9 Å². The highest BCUT2D eigenvalue weighted by molar-refractivity contribution is 6.31. The second-order valence-corrected chi connectivity index (χ2v) is 6.38. The molecule has 2 heterocycles. The smallest absolute Gasteiger partial charge is 0.244 e. The third kappa shape index (κ3) is 3.32. The number of fused-ring (bicyclic) bond motifs is 3. The van der Waals surface area contributed by atoms with Crippen LogP contribution >= 0.6 is 11.6 Å². The van der Waals surface area contributed by atoms with Gasteiger partial charge in [-0.2, -0.15) is 0 Å². The first-order valence-electron chi connectivity index (χ1n) is 8.26. The molecule has 0 aliphatic rings. The fourth-order valence-corrected chi connectivity index (χ4v) is 3.10. The predicted molar refractivity (Wildman–Crippen MR) is 106 cm³/mol. The quantitative estimate of drug-likeness (QED) is 0.518. The van der Waals surface area contributed by atoms with E-state index in [1.807, 2.05) is 42.5 Å². The molecule has 0 radical (unpaired) electrons. The summed E-state index contributed by atoms with van der Waals surface area (Å²) in [6.07, 6.45) is 4.99. The molecule has 2 N–H and O–H groups in total. The Kier molecular flexibility index (Phi) is 4.42. The predicted octanol–water partition coefficient (Wildman–Crippen LogP) is 4.70. The topological polar surface area (TPSA) is 57.8 Å². The normalized spacial score (nSPS) is 11.4. The molecule has 2 aromatic heterocycles. The van der Waals surface area contributed by atoms with Crippen molar-refractivity contribution in [3.8, 4) is 0 Å². The summed E-state index contributed by atoms with van der Waals surface area (Å²) in [7, 11) is 0. The molecule has 128 valence electrons. The Morgan fingerprint density at radius 2 is 1.88 bits per heavy atom. The summed E-state index contributed by atoms with van der Waals surface area (Å²) in [4.78, 5) is 19.8. The van der Waals surface area contributed by atoms with Gasteiger partial charge >= 0.3 is 0 Å². The third-order valence-electron chi connectivity index (χ3n) is 4.23. The van der Waals surface area contributed by atoms with Gasteiger partial charge in [0.05, 0.1) is 17.4 Å². The van der Waals surface area contributed by atoms with Crippen LogP contribution in [0.4, 0.5) is 0 Å². The van der Waals surface area contributed by atoms with E-state index in [4.69, 9.17) is 11.6 Å². The lowest BCUT2D eigenvalue weighted by molar-refractivity contribution is -0.116. The molecule has 5 heteroatoms. The molecule has 0 saturated carbocycles. The largest absolute Gasteiger partial charge is 0.353 e. The molecular formula is C21H16ClN3O. The van der Waals surface area contributed by atoms with Crippen LogP contribution in [0.25, 0.3) is 27.9 Å². The summed E-state index contributed by atoms with van der Waals surface area (Å²) in [5.74, 6) is -0.189. The van der Waals surface area contributed by atoms with Crippen LogP contribution in [0.2, 0.25) is 5.02 Å². The number of carbonyl (C=O) groups is 1. The average molecular weight is 362 g/mol. The first-order valence-corrected chi connectivity index (χ1v) is 8.64. The minimum Gasteiger partial charge on any atom is -0.353 e. The van der Waals surface area contributed by atoms with E-state index in [0.29, 0.717) is 11.6 Å². The van der Waals surface area contributed by atoms with Crippen LogP contribution in [0.1, 0.15) is 11.3 Å². The Labute approximate surface area is 155 Å². The fraction of sp³-hybridized carbons (Fsp3) is 0.0476. The van der Waals surface area contributed by atoms with Crippen molar-refractivity contribution in [2.75, 3.05) is 0 Å². The van der Waals surface area contributed by atoms with Crippen molar-refractivity contribution in [1.82, 2.24) is 15.3 Å². The molecule has 4 nitrogen and oxygen atoms in total. The van der Waals surface area contributed by atoms with E-state index in [9.17, 15) is 4.79 Å². The van der Waals surface area contributed by atoms with Gasteiger partial charge in [-0.25, -0.2) is 0 Å². The van der Waals surface area contributed by atoms with Crippen molar-refractivity contribution in [2.24, 2.45) is 0 Å². The molecule has 0 aliphatic heterocycles. The number of rotatable bonds is 4. The number of nitrogens with zero attached hydrogens (tertiary/aromatic N) is 1. The van der Waals surface area contributed by atoms with E-state index < -0.39 is 0 Å². The number of para-hydroxylation sites is 1. The molecule has 0 unspecified atom stereocenters. The molecule has 0 atom stereocenters. The Hall–Kier alpha value is -3.11. The lowest BCUT2D eigenvalue weighted by Crippen LogP contribution is -2.20. The van der Waals surface area contributed by atoms with Crippen molar-refractivity contribution in [2.45, 2.75) is 6.54 Å². The monoisotopic (exact) mass is 361 g/mol. The van der Waals surface area contributed by atoms with Gasteiger partial charge in [-0.15, -0.1) is 0 Å². The van der Waals surface area contributed by atoms with Gasteiger partial charge in [0.15, 0.2) is 0 Å². The summed E-state index contributed by atoms with van der Waals surface area (Å²) in [5, 5.41) is 5.70. The molecular weight excluding hydrogens is 346 g/mol. The Morgan fingerprint density at radius 1 is 1.08 bits per heavy atom. The van der Waals surface area contributed by atoms with Crippen LogP contribution in [0.15, 0.2) is 66.9 Å². The highest BCUT2D eigenvalue weighted by Gasteiger charge is 2.05. The molecule has 2 aromatic carbocycles. The van der Waals surface area contributed by atoms with Crippen molar-refractivity contribution in [3.63, 3.8) is 0 Å². The van der Waals surface area contributed by atoms with Gasteiger partial charge in [0.1, 0.15) is 0 Å². The van der Waals surface area contributed by atoms with E-state index >= 15 is 0 Å². The van der Waals surface area contributed by atoms with Crippen LogP contribution in [0, 0.1) is 0 Å². The average Bonchev–Trinajstić information content (AvgIpc) is 3.04. The van der Waals surface area contributed by atoms with E-state index in [2.05, 4.69) is 21.4 Å². The first-order chi connectivity index (χ1) is 12.7. The zero-order valence-corrected chi connectivity index (χ0v) is 14.6. The maximum Gasteiger partial charge on any atom is 0.244 e. The summed E-state index contributed by atoms with van der Waals surface area (Å²) in [6.45, 7) is 0.387. The lowest BCUT2D eigenvalue weighted by atomic mass is 10.1. The van der Waals surface area contributed by atoms with Crippen LogP contribution in [0.5, 0.6) is 0 Å². The number of aromatic amines is 1. The minimum absolute atomic E-state index is 0.189. The molecule has 4 rings (SSSR count). The van der Waals surface area contributed by atoms with Crippen molar-refractivity contribution < 1.29 is 4.79 Å².